The van der Waals surface area contributed by atoms with E-state index >= 15 is 0 Å². The molecule has 1 N–H and O–H groups in total. The number of carbonyl (C=O) groups excluding carboxylic acids is 1. The Hall–Kier alpha value is -2.62. The van der Waals surface area contributed by atoms with E-state index in [9.17, 15) is 4.79 Å². The Kier molecular flexibility index (Phi) is 3.37. The first kappa shape index (κ1) is 14.0. The predicted octanol–water partition coefficient (Wildman–Crippen LogP) is 3.39. The third-order valence-corrected chi connectivity index (χ3v) is 4.43. The lowest BCUT2D eigenvalue weighted by Crippen LogP contribution is -2.36. The van der Waals surface area contributed by atoms with E-state index in [-0.39, 0.29) is 5.91 Å². The lowest BCUT2D eigenvalue weighted by Gasteiger charge is -2.29. The summed E-state index contributed by atoms with van der Waals surface area (Å²) in [5.74, 6) is 1.06. The fourth-order valence-electron chi connectivity index (χ4n) is 3.36. The standard InChI is InChI=1S/C19H19N3O/c1-13-20-16-9-8-14(11-17(16)21-13)12-19(23)22-10-4-6-15-5-2-3-7-18(15)22/h2-3,5,7-9,11H,4,6,10,12H2,1H3,(H,20,21). The molecule has 0 fully saturated rings. The molecule has 4 nitrogen and oxygen atoms in total. The molecule has 0 saturated heterocycles. The van der Waals surface area contributed by atoms with Gasteiger partial charge in [-0.3, -0.25) is 4.79 Å². The second-order valence-electron chi connectivity index (χ2n) is 6.13. The number of imidazole rings is 1. The molecule has 0 radical (unpaired) electrons. The highest BCUT2D eigenvalue weighted by Crippen LogP contribution is 2.27. The second-order valence-corrected chi connectivity index (χ2v) is 6.13. The maximum absolute atomic E-state index is 12.8. The van der Waals surface area contributed by atoms with E-state index in [0.29, 0.717) is 6.42 Å². The number of hydrogen-bond acceptors (Lipinski definition) is 2. The van der Waals surface area contributed by atoms with Crippen LogP contribution < -0.4 is 4.90 Å². The van der Waals surface area contributed by atoms with Crippen molar-refractivity contribution in [2.45, 2.75) is 26.2 Å². The molecular weight excluding hydrogens is 286 g/mol. The third kappa shape index (κ3) is 2.61. The van der Waals surface area contributed by atoms with Crippen molar-refractivity contribution >= 4 is 22.6 Å². The van der Waals surface area contributed by atoms with Crippen LogP contribution in [-0.4, -0.2) is 22.4 Å². The molecular formula is C19H19N3O. The molecule has 0 saturated carbocycles. The highest BCUT2D eigenvalue weighted by atomic mass is 16.2. The first-order chi connectivity index (χ1) is 11.2. The summed E-state index contributed by atoms with van der Waals surface area (Å²) in [5.41, 5.74) is 5.30. The van der Waals surface area contributed by atoms with Crippen molar-refractivity contribution in [3.05, 3.63) is 59.4 Å². The molecule has 1 amide bonds. The molecule has 3 aromatic rings. The first-order valence-corrected chi connectivity index (χ1v) is 8.04. The maximum atomic E-state index is 12.8. The third-order valence-electron chi connectivity index (χ3n) is 4.43. The molecule has 0 atom stereocenters. The number of aromatic nitrogens is 2. The summed E-state index contributed by atoms with van der Waals surface area (Å²) in [6.07, 6.45) is 2.50. The number of nitrogens with zero attached hydrogens (tertiary/aromatic N) is 2. The number of H-pyrrole nitrogens is 1. The smallest absolute Gasteiger partial charge is 0.231 e. The Morgan fingerprint density at radius 3 is 3.04 bits per heavy atom. The van der Waals surface area contributed by atoms with E-state index in [1.807, 2.05) is 48.2 Å². The van der Waals surface area contributed by atoms with Gasteiger partial charge in [0, 0.05) is 12.2 Å². The van der Waals surface area contributed by atoms with Crippen molar-refractivity contribution < 1.29 is 4.79 Å². The van der Waals surface area contributed by atoms with Crippen LogP contribution in [0.15, 0.2) is 42.5 Å². The van der Waals surface area contributed by atoms with Gasteiger partial charge in [0.15, 0.2) is 0 Å². The van der Waals surface area contributed by atoms with Crippen LogP contribution in [0.25, 0.3) is 11.0 Å². The number of amides is 1. The number of nitrogens with one attached hydrogen (secondary N) is 1. The van der Waals surface area contributed by atoms with Gasteiger partial charge in [-0.15, -0.1) is 0 Å². The SMILES string of the molecule is Cc1nc2ccc(CC(=O)N3CCCc4ccccc43)cc2[nH]1. The maximum Gasteiger partial charge on any atom is 0.231 e. The van der Waals surface area contributed by atoms with Crippen molar-refractivity contribution in [1.82, 2.24) is 9.97 Å². The van der Waals surface area contributed by atoms with Gasteiger partial charge in [0.2, 0.25) is 5.91 Å². The van der Waals surface area contributed by atoms with Gasteiger partial charge < -0.3 is 9.88 Å². The number of aryl methyl sites for hydroxylation is 2. The highest BCUT2D eigenvalue weighted by molar-refractivity contribution is 5.96. The van der Waals surface area contributed by atoms with Crippen LogP contribution in [0.1, 0.15) is 23.4 Å². The van der Waals surface area contributed by atoms with Crippen LogP contribution in [0.4, 0.5) is 5.69 Å². The van der Waals surface area contributed by atoms with E-state index in [0.717, 1.165) is 47.5 Å². The van der Waals surface area contributed by atoms with Crippen LogP contribution in [0, 0.1) is 6.92 Å². The van der Waals surface area contributed by atoms with Crippen molar-refractivity contribution in [3.63, 3.8) is 0 Å². The van der Waals surface area contributed by atoms with Gasteiger partial charge in [0.1, 0.15) is 5.82 Å². The minimum Gasteiger partial charge on any atom is -0.342 e. The summed E-state index contributed by atoms with van der Waals surface area (Å²) < 4.78 is 0. The largest absolute Gasteiger partial charge is 0.342 e. The normalized spacial score (nSPS) is 14.0. The van der Waals surface area contributed by atoms with Crippen molar-refractivity contribution in [2.24, 2.45) is 0 Å². The fraction of sp³-hybridized carbons (Fsp3) is 0.263. The van der Waals surface area contributed by atoms with Gasteiger partial charge in [-0.05, 0) is 49.1 Å². The zero-order valence-electron chi connectivity index (χ0n) is 13.2. The molecule has 116 valence electrons. The number of para-hydroxylation sites is 1. The average molecular weight is 305 g/mol. The Labute approximate surface area is 135 Å². The summed E-state index contributed by atoms with van der Waals surface area (Å²) in [5, 5.41) is 0. The van der Waals surface area contributed by atoms with E-state index in [1.165, 1.54) is 5.56 Å². The Morgan fingerprint density at radius 1 is 1.26 bits per heavy atom. The molecule has 4 rings (SSSR count). The zero-order valence-corrected chi connectivity index (χ0v) is 13.2. The van der Waals surface area contributed by atoms with Gasteiger partial charge >= 0.3 is 0 Å². The Bertz CT molecular complexity index is 881. The summed E-state index contributed by atoms with van der Waals surface area (Å²) in [6, 6.07) is 14.2. The number of anilines is 1. The van der Waals surface area contributed by atoms with Crippen LogP contribution in [0.5, 0.6) is 0 Å². The molecule has 0 spiro atoms. The number of fused-ring (bicyclic) bond motifs is 2. The molecule has 0 unspecified atom stereocenters. The quantitative estimate of drug-likeness (QED) is 0.789. The summed E-state index contributed by atoms with van der Waals surface area (Å²) >= 11 is 0. The molecule has 2 heterocycles. The average Bonchev–Trinajstić information content (AvgIpc) is 2.93. The van der Waals surface area contributed by atoms with Crippen molar-refractivity contribution in [3.8, 4) is 0 Å². The minimum atomic E-state index is 0.160. The molecule has 0 aliphatic carbocycles. The van der Waals surface area contributed by atoms with Gasteiger partial charge in [-0.1, -0.05) is 24.3 Å². The first-order valence-electron chi connectivity index (χ1n) is 8.04. The van der Waals surface area contributed by atoms with Crippen molar-refractivity contribution in [2.75, 3.05) is 11.4 Å². The summed E-state index contributed by atoms with van der Waals surface area (Å²) in [4.78, 5) is 22.3. The topological polar surface area (TPSA) is 49.0 Å². The number of hydrogen-bond donors (Lipinski definition) is 1. The van der Waals surface area contributed by atoms with E-state index in [1.54, 1.807) is 0 Å². The molecule has 0 bridgehead atoms. The van der Waals surface area contributed by atoms with Gasteiger partial charge in [0.05, 0.1) is 17.5 Å². The lowest BCUT2D eigenvalue weighted by molar-refractivity contribution is -0.118. The number of rotatable bonds is 2. The number of carbonyl (C=O) groups is 1. The zero-order chi connectivity index (χ0) is 15.8. The van der Waals surface area contributed by atoms with Gasteiger partial charge in [-0.25, -0.2) is 4.98 Å². The summed E-state index contributed by atoms with van der Waals surface area (Å²) in [6.45, 7) is 2.75. The van der Waals surface area contributed by atoms with Crippen molar-refractivity contribution in [1.29, 1.82) is 0 Å². The van der Waals surface area contributed by atoms with E-state index < -0.39 is 0 Å². The Balaban J connectivity index is 1.60. The fourth-order valence-corrected chi connectivity index (χ4v) is 3.36. The minimum absolute atomic E-state index is 0.160. The monoisotopic (exact) mass is 305 g/mol. The second kappa shape index (κ2) is 5.54. The molecule has 2 aromatic carbocycles. The van der Waals surface area contributed by atoms with E-state index in [4.69, 9.17) is 0 Å². The highest BCUT2D eigenvalue weighted by Gasteiger charge is 2.22. The van der Waals surface area contributed by atoms with Gasteiger partial charge in [0.25, 0.3) is 0 Å². The Morgan fingerprint density at radius 2 is 2.13 bits per heavy atom. The molecule has 1 aliphatic rings. The lowest BCUT2D eigenvalue weighted by atomic mass is 10.0. The van der Waals surface area contributed by atoms with Gasteiger partial charge in [-0.2, -0.15) is 0 Å². The summed E-state index contributed by atoms with van der Waals surface area (Å²) in [7, 11) is 0. The van der Waals surface area contributed by atoms with Crippen LogP contribution in [0.2, 0.25) is 0 Å². The molecule has 1 aromatic heterocycles. The van der Waals surface area contributed by atoms with Crippen LogP contribution in [-0.2, 0) is 17.6 Å². The van der Waals surface area contributed by atoms with E-state index in [2.05, 4.69) is 16.0 Å². The molecule has 4 heteroatoms. The number of benzene rings is 2. The molecule has 23 heavy (non-hydrogen) atoms. The number of aromatic amines is 1. The van der Waals surface area contributed by atoms with Crippen LogP contribution >= 0.6 is 0 Å². The van der Waals surface area contributed by atoms with Crippen LogP contribution in [0.3, 0.4) is 0 Å². The predicted molar refractivity (Wildman–Crippen MR) is 91.7 cm³/mol. The molecule has 1 aliphatic heterocycles.